The van der Waals surface area contributed by atoms with Gasteiger partial charge in [-0.25, -0.2) is 4.98 Å². The monoisotopic (exact) mass is 207 g/mol. The molecule has 1 aromatic heterocycles. The van der Waals surface area contributed by atoms with Gasteiger partial charge < -0.3 is 10.1 Å². The van der Waals surface area contributed by atoms with Crippen molar-refractivity contribution in [3.63, 3.8) is 0 Å². The number of nitrogens with one attached hydrogen (secondary N) is 1. The maximum absolute atomic E-state index is 5.63. The van der Waals surface area contributed by atoms with E-state index in [9.17, 15) is 0 Å². The summed E-state index contributed by atoms with van der Waals surface area (Å²) >= 11 is 0. The van der Waals surface area contributed by atoms with Gasteiger partial charge in [-0.05, 0) is 12.8 Å². The zero-order chi connectivity index (χ0) is 10.5. The molecule has 4 heteroatoms. The first-order chi connectivity index (χ1) is 7.40. The lowest BCUT2D eigenvalue weighted by molar-refractivity contribution is 0.0900. The van der Waals surface area contributed by atoms with Gasteiger partial charge in [0, 0.05) is 31.5 Å². The Morgan fingerprint density at radius 2 is 2.47 bits per heavy atom. The molecule has 2 heterocycles. The maximum Gasteiger partial charge on any atom is 0.144 e. The van der Waals surface area contributed by atoms with E-state index in [2.05, 4.69) is 22.2 Å². The molecule has 0 aliphatic carbocycles. The number of hydrogen-bond donors (Lipinski definition) is 1. The molecule has 0 aromatic carbocycles. The molecule has 0 amide bonds. The highest BCUT2D eigenvalue weighted by Gasteiger charge is 2.26. The molecule has 1 fully saturated rings. The number of rotatable bonds is 4. The van der Waals surface area contributed by atoms with Crippen LogP contribution < -0.4 is 5.32 Å². The van der Waals surface area contributed by atoms with Crippen LogP contribution in [0.4, 0.5) is 5.82 Å². The molecule has 0 bridgehead atoms. The molecule has 1 N–H and O–H groups in total. The predicted molar refractivity (Wildman–Crippen MR) is 58.7 cm³/mol. The summed E-state index contributed by atoms with van der Waals surface area (Å²) in [4.78, 5) is 8.19. The van der Waals surface area contributed by atoms with E-state index >= 15 is 0 Å². The number of ether oxygens (including phenoxy) is 1. The van der Waals surface area contributed by atoms with E-state index in [1.807, 2.05) is 0 Å². The molecule has 1 aromatic rings. The highest BCUT2D eigenvalue weighted by Crippen LogP contribution is 2.23. The van der Waals surface area contributed by atoms with Crippen molar-refractivity contribution in [2.45, 2.75) is 25.9 Å². The van der Waals surface area contributed by atoms with Crippen molar-refractivity contribution in [2.24, 2.45) is 5.92 Å². The molecule has 15 heavy (non-hydrogen) atoms. The molecule has 82 valence electrons. The van der Waals surface area contributed by atoms with Gasteiger partial charge in [0.1, 0.15) is 5.82 Å². The maximum atomic E-state index is 5.63. The lowest BCUT2D eigenvalue weighted by Crippen LogP contribution is -2.23. The molecule has 4 nitrogen and oxygen atoms in total. The number of aromatic nitrogens is 2. The van der Waals surface area contributed by atoms with Gasteiger partial charge in [0.05, 0.1) is 12.3 Å². The Bertz CT molecular complexity index is 291. The van der Waals surface area contributed by atoms with Crippen molar-refractivity contribution >= 4 is 5.82 Å². The van der Waals surface area contributed by atoms with Crippen LogP contribution in [-0.2, 0) is 4.74 Å². The summed E-state index contributed by atoms with van der Waals surface area (Å²) in [7, 11) is 0. The zero-order valence-corrected chi connectivity index (χ0v) is 9.02. The summed E-state index contributed by atoms with van der Waals surface area (Å²) in [6.45, 7) is 3.99. The first-order valence-electron chi connectivity index (χ1n) is 5.51. The molecule has 0 spiro atoms. The van der Waals surface area contributed by atoms with Gasteiger partial charge in [0.2, 0.25) is 0 Å². The molecule has 1 saturated heterocycles. The summed E-state index contributed by atoms with van der Waals surface area (Å²) in [6, 6.07) is 0. The van der Waals surface area contributed by atoms with E-state index in [-0.39, 0.29) is 0 Å². The number of anilines is 1. The van der Waals surface area contributed by atoms with Crippen molar-refractivity contribution < 1.29 is 4.74 Å². The Balaban J connectivity index is 1.83. The summed E-state index contributed by atoms with van der Waals surface area (Å²) in [6.07, 6.45) is 7.77. The largest absolute Gasteiger partial charge is 0.378 e. The van der Waals surface area contributed by atoms with Crippen LogP contribution in [0.2, 0.25) is 0 Å². The van der Waals surface area contributed by atoms with E-state index in [1.54, 1.807) is 18.6 Å². The Kier molecular flexibility index (Phi) is 3.50. The van der Waals surface area contributed by atoms with Crippen LogP contribution in [0.15, 0.2) is 18.6 Å². The third-order valence-corrected chi connectivity index (χ3v) is 2.86. The minimum absolute atomic E-state index is 0.411. The average molecular weight is 207 g/mol. The quantitative estimate of drug-likeness (QED) is 0.816. The highest BCUT2D eigenvalue weighted by atomic mass is 16.5. The van der Waals surface area contributed by atoms with Crippen LogP contribution in [0, 0.1) is 5.92 Å². The normalized spacial score (nSPS) is 25.4. The van der Waals surface area contributed by atoms with Crippen molar-refractivity contribution in [3.8, 4) is 0 Å². The topological polar surface area (TPSA) is 47.0 Å². The van der Waals surface area contributed by atoms with Gasteiger partial charge >= 0.3 is 0 Å². The molecule has 0 radical (unpaired) electrons. The lowest BCUT2D eigenvalue weighted by atomic mass is 10.00. The SMILES string of the molecule is CCC1OCCC1CNc1cnccn1. The fourth-order valence-corrected chi connectivity index (χ4v) is 2.00. The molecule has 2 rings (SSSR count). The molecule has 2 atom stereocenters. The van der Waals surface area contributed by atoms with Gasteiger partial charge in [0.15, 0.2) is 0 Å². The number of hydrogen-bond acceptors (Lipinski definition) is 4. The van der Waals surface area contributed by atoms with Gasteiger partial charge in [0.25, 0.3) is 0 Å². The number of nitrogens with zero attached hydrogens (tertiary/aromatic N) is 2. The van der Waals surface area contributed by atoms with Gasteiger partial charge in [-0.1, -0.05) is 6.92 Å². The van der Waals surface area contributed by atoms with Gasteiger partial charge in [-0.2, -0.15) is 0 Å². The van der Waals surface area contributed by atoms with Crippen LogP contribution in [0.5, 0.6) is 0 Å². The predicted octanol–water partition coefficient (Wildman–Crippen LogP) is 1.70. The minimum Gasteiger partial charge on any atom is -0.378 e. The van der Waals surface area contributed by atoms with Crippen LogP contribution in [-0.4, -0.2) is 29.2 Å². The summed E-state index contributed by atoms with van der Waals surface area (Å²) in [5.41, 5.74) is 0. The van der Waals surface area contributed by atoms with E-state index in [0.29, 0.717) is 12.0 Å². The second-order valence-electron chi connectivity index (χ2n) is 3.84. The van der Waals surface area contributed by atoms with Crippen molar-refractivity contribution in [1.29, 1.82) is 0 Å². The molecule has 1 aliphatic rings. The van der Waals surface area contributed by atoms with Crippen LogP contribution >= 0.6 is 0 Å². The first-order valence-corrected chi connectivity index (χ1v) is 5.51. The first kappa shape index (κ1) is 10.4. The van der Waals surface area contributed by atoms with Gasteiger partial charge in [-0.15, -0.1) is 0 Å². The summed E-state index contributed by atoms with van der Waals surface area (Å²) in [5, 5.41) is 3.30. The third kappa shape index (κ3) is 2.65. The highest BCUT2D eigenvalue weighted by molar-refractivity contribution is 5.29. The second-order valence-corrected chi connectivity index (χ2v) is 3.84. The average Bonchev–Trinajstić information content (AvgIpc) is 2.75. The van der Waals surface area contributed by atoms with E-state index < -0.39 is 0 Å². The fourth-order valence-electron chi connectivity index (χ4n) is 2.00. The van der Waals surface area contributed by atoms with E-state index in [0.717, 1.165) is 31.8 Å². The van der Waals surface area contributed by atoms with Crippen molar-refractivity contribution in [3.05, 3.63) is 18.6 Å². The third-order valence-electron chi connectivity index (χ3n) is 2.86. The van der Waals surface area contributed by atoms with Crippen molar-refractivity contribution in [2.75, 3.05) is 18.5 Å². The smallest absolute Gasteiger partial charge is 0.144 e. The Labute approximate surface area is 90.1 Å². The zero-order valence-electron chi connectivity index (χ0n) is 9.02. The minimum atomic E-state index is 0.411. The van der Waals surface area contributed by atoms with Gasteiger partial charge in [-0.3, -0.25) is 4.98 Å². The second kappa shape index (κ2) is 5.07. The molecular weight excluding hydrogens is 190 g/mol. The van der Waals surface area contributed by atoms with Crippen LogP contribution in [0.1, 0.15) is 19.8 Å². The Hall–Kier alpha value is -1.16. The molecule has 2 unspecified atom stereocenters. The summed E-state index contributed by atoms with van der Waals surface area (Å²) in [5.74, 6) is 1.45. The summed E-state index contributed by atoms with van der Waals surface area (Å²) < 4.78 is 5.63. The van der Waals surface area contributed by atoms with Crippen molar-refractivity contribution in [1.82, 2.24) is 9.97 Å². The Morgan fingerprint density at radius 3 is 3.20 bits per heavy atom. The van der Waals surface area contributed by atoms with E-state index in [4.69, 9.17) is 4.74 Å². The Morgan fingerprint density at radius 1 is 1.53 bits per heavy atom. The fraction of sp³-hybridized carbons (Fsp3) is 0.636. The lowest BCUT2D eigenvalue weighted by Gasteiger charge is -2.17. The van der Waals surface area contributed by atoms with Crippen LogP contribution in [0.25, 0.3) is 0 Å². The van der Waals surface area contributed by atoms with E-state index in [1.165, 1.54) is 0 Å². The molecule has 1 aliphatic heterocycles. The standard InChI is InChI=1S/C11H17N3O/c1-2-10-9(3-6-15-10)7-14-11-8-12-4-5-13-11/h4-5,8-10H,2-3,6-7H2,1H3,(H,13,14). The van der Waals surface area contributed by atoms with Crippen LogP contribution in [0.3, 0.4) is 0 Å². The molecular formula is C11H17N3O. The molecule has 0 saturated carbocycles.